The second kappa shape index (κ2) is 11.3. The van der Waals surface area contributed by atoms with E-state index in [-0.39, 0.29) is 0 Å². The Labute approximate surface area is 204 Å². The van der Waals surface area contributed by atoms with Gasteiger partial charge in [0.15, 0.2) is 0 Å². The lowest BCUT2D eigenvalue weighted by Gasteiger charge is -2.24. The minimum absolute atomic E-state index is 0.389. The first kappa shape index (κ1) is 25.4. The molecule has 0 bridgehead atoms. The van der Waals surface area contributed by atoms with Crippen molar-refractivity contribution in [3.05, 3.63) is 59.7 Å². The van der Waals surface area contributed by atoms with Crippen molar-refractivity contribution in [2.75, 3.05) is 42.0 Å². The van der Waals surface area contributed by atoms with Crippen LogP contribution in [0.25, 0.3) is 22.3 Å². The monoisotopic (exact) mass is 462 g/mol. The van der Waals surface area contributed by atoms with Gasteiger partial charge in [0.2, 0.25) is 0 Å². The molecule has 0 aromatic heterocycles. The smallest absolute Gasteiger partial charge is 0.135 e. The third-order valence-electron chi connectivity index (χ3n) is 5.52. The molecule has 0 aliphatic carbocycles. The maximum absolute atomic E-state index is 6.28. The van der Waals surface area contributed by atoms with Crippen LogP contribution in [0.3, 0.4) is 0 Å². The summed E-state index contributed by atoms with van der Waals surface area (Å²) in [7, 11) is 9.17. The van der Waals surface area contributed by atoms with E-state index in [1.54, 1.807) is 21.3 Å². The molecule has 3 aromatic carbocycles. The van der Waals surface area contributed by atoms with Crippen LogP contribution in [0, 0.1) is 18.9 Å². The molecule has 0 saturated carbocycles. The second-order valence-electron chi connectivity index (χ2n) is 9.11. The standard InChI is InChI=1S/C29H36NO4/c1-19(2)18-34-26-14-11-22(31-6)16-24(26)29-27(33-8)13-10-21(17-30(4)5)28(29)23-15-20(3)9-12-25(23)32-7/h9-12,14-16,19H,17-18H2,1-8H3. The molecule has 5 heteroatoms. The maximum Gasteiger partial charge on any atom is 0.135 e. The molecule has 0 saturated heterocycles. The number of ether oxygens (including phenoxy) is 4. The van der Waals surface area contributed by atoms with Crippen LogP contribution in [0.4, 0.5) is 0 Å². The zero-order valence-corrected chi connectivity index (χ0v) is 21.6. The van der Waals surface area contributed by atoms with Gasteiger partial charge in [0.25, 0.3) is 0 Å². The molecule has 0 fully saturated rings. The highest BCUT2D eigenvalue weighted by Crippen LogP contribution is 2.48. The zero-order valence-electron chi connectivity index (χ0n) is 21.6. The molecular weight excluding hydrogens is 426 g/mol. The molecule has 0 amide bonds. The van der Waals surface area contributed by atoms with Crippen LogP contribution in [0.2, 0.25) is 0 Å². The van der Waals surface area contributed by atoms with E-state index in [1.165, 1.54) is 0 Å². The zero-order chi connectivity index (χ0) is 24.8. The summed E-state index contributed by atoms with van der Waals surface area (Å²) in [4.78, 5) is 2.15. The van der Waals surface area contributed by atoms with Crippen LogP contribution in [0.15, 0.2) is 42.5 Å². The van der Waals surface area contributed by atoms with Gasteiger partial charge in [-0.15, -0.1) is 0 Å². The topological polar surface area (TPSA) is 40.2 Å². The number of nitrogens with zero attached hydrogens (tertiary/aromatic N) is 1. The van der Waals surface area contributed by atoms with Gasteiger partial charge in [-0.2, -0.15) is 0 Å². The van der Waals surface area contributed by atoms with Crippen LogP contribution < -0.4 is 18.9 Å². The van der Waals surface area contributed by atoms with Gasteiger partial charge in [-0.1, -0.05) is 25.5 Å². The number of benzene rings is 3. The number of rotatable bonds is 10. The Morgan fingerprint density at radius 2 is 1.56 bits per heavy atom. The summed E-state index contributed by atoms with van der Waals surface area (Å²) >= 11 is 0. The number of methoxy groups -OCH3 is 3. The van der Waals surface area contributed by atoms with Crippen molar-refractivity contribution in [1.29, 1.82) is 0 Å². The highest BCUT2D eigenvalue weighted by atomic mass is 16.5. The average Bonchev–Trinajstić information content (AvgIpc) is 2.81. The molecule has 0 spiro atoms. The minimum atomic E-state index is 0.389. The number of hydrogen-bond acceptors (Lipinski definition) is 5. The predicted octanol–water partition coefficient (Wildman–Crippen LogP) is 6.25. The molecule has 1 radical (unpaired) electrons. The molecule has 0 aliphatic heterocycles. The fourth-order valence-electron chi connectivity index (χ4n) is 3.99. The van der Waals surface area contributed by atoms with Crippen LogP contribution in [0.5, 0.6) is 23.0 Å². The SMILES string of the molecule is COc1ccc(OCC(C)C)c(-c2c(OC)[c]cc(CN(C)C)c2-c2cc(C)ccc2OC)c1. The van der Waals surface area contributed by atoms with E-state index in [4.69, 9.17) is 18.9 Å². The Balaban J connectivity index is 2.43. The first-order valence-corrected chi connectivity index (χ1v) is 11.5. The summed E-state index contributed by atoms with van der Waals surface area (Å²) in [6.07, 6.45) is 0. The second-order valence-corrected chi connectivity index (χ2v) is 9.11. The molecule has 34 heavy (non-hydrogen) atoms. The molecule has 181 valence electrons. The van der Waals surface area contributed by atoms with Gasteiger partial charge in [-0.05, 0) is 68.9 Å². The first-order chi connectivity index (χ1) is 16.3. The normalized spacial score (nSPS) is 11.1. The van der Waals surface area contributed by atoms with Crippen molar-refractivity contribution >= 4 is 0 Å². The lowest BCUT2D eigenvalue weighted by atomic mass is 9.87. The lowest BCUT2D eigenvalue weighted by molar-refractivity contribution is 0.271. The summed E-state index contributed by atoms with van der Waals surface area (Å²) in [5.41, 5.74) is 6.09. The van der Waals surface area contributed by atoms with Crippen LogP contribution >= 0.6 is 0 Å². The van der Waals surface area contributed by atoms with Gasteiger partial charge in [-0.3, -0.25) is 0 Å². The van der Waals surface area contributed by atoms with Gasteiger partial charge < -0.3 is 23.8 Å². The fourth-order valence-corrected chi connectivity index (χ4v) is 3.99. The molecule has 0 aliphatic rings. The van der Waals surface area contributed by atoms with Gasteiger partial charge in [0.1, 0.15) is 23.0 Å². The minimum Gasteiger partial charge on any atom is -0.497 e. The third-order valence-corrected chi connectivity index (χ3v) is 5.52. The summed E-state index contributed by atoms with van der Waals surface area (Å²) in [5.74, 6) is 3.35. The van der Waals surface area contributed by atoms with Crippen LogP contribution in [-0.2, 0) is 6.54 Å². The largest absolute Gasteiger partial charge is 0.497 e. The summed E-state index contributed by atoms with van der Waals surface area (Å²) in [6.45, 7) is 7.69. The first-order valence-electron chi connectivity index (χ1n) is 11.5. The van der Waals surface area contributed by atoms with E-state index in [9.17, 15) is 0 Å². The van der Waals surface area contributed by atoms with Crippen molar-refractivity contribution in [2.24, 2.45) is 5.92 Å². The number of hydrogen-bond donors (Lipinski definition) is 0. The molecule has 3 rings (SSSR count). The predicted molar refractivity (Wildman–Crippen MR) is 138 cm³/mol. The van der Waals surface area contributed by atoms with Crippen molar-refractivity contribution < 1.29 is 18.9 Å². The Morgan fingerprint density at radius 1 is 0.853 bits per heavy atom. The Bertz CT molecular complexity index is 1120. The summed E-state index contributed by atoms with van der Waals surface area (Å²) < 4.78 is 23.6. The van der Waals surface area contributed by atoms with Crippen molar-refractivity contribution in [3.63, 3.8) is 0 Å². The van der Waals surface area contributed by atoms with Gasteiger partial charge in [0.05, 0.1) is 27.9 Å². The van der Waals surface area contributed by atoms with E-state index in [1.807, 2.05) is 30.3 Å². The quantitative estimate of drug-likeness (QED) is 0.356. The highest BCUT2D eigenvalue weighted by Gasteiger charge is 2.24. The number of aryl methyl sites for hydroxylation is 1. The van der Waals surface area contributed by atoms with Crippen molar-refractivity contribution in [1.82, 2.24) is 4.90 Å². The molecule has 0 atom stereocenters. The third kappa shape index (κ3) is 5.65. The van der Waals surface area contributed by atoms with E-state index in [0.717, 1.165) is 57.2 Å². The van der Waals surface area contributed by atoms with E-state index in [2.05, 4.69) is 58.0 Å². The van der Waals surface area contributed by atoms with E-state index in [0.29, 0.717) is 18.3 Å². The Kier molecular flexibility index (Phi) is 8.46. The van der Waals surface area contributed by atoms with E-state index < -0.39 is 0 Å². The van der Waals surface area contributed by atoms with Crippen LogP contribution in [-0.4, -0.2) is 46.9 Å². The Hall–Kier alpha value is -3.18. The highest BCUT2D eigenvalue weighted by molar-refractivity contribution is 5.94. The fraction of sp³-hybridized carbons (Fsp3) is 0.379. The van der Waals surface area contributed by atoms with Crippen molar-refractivity contribution in [3.8, 4) is 45.3 Å². The average molecular weight is 463 g/mol. The molecular formula is C29H36NO4. The molecule has 5 nitrogen and oxygen atoms in total. The van der Waals surface area contributed by atoms with Crippen molar-refractivity contribution in [2.45, 2.75) is 27.3 Å². The molecule has 0 N–H and O–H groups in total. The summed E-state index contributed by atoms with van der Waals surface area (Å²) in [6, 6.07) is 17.5. The molecule has 0 heterocycles. The Morgan fingerprint density at radius 3 is 2.18 bits per heavy atom. The van der Waals surface area contributed by atoms with Gasteiger partial charge >= 0.3 is 0 Å². The lowest BCUT2D eigenvalue weighted by Crippen LogP contribution is -2.13. The van der Waals surface area contributed by atoms with E-state index >= 15 is 0 Å². The summed E-state index contributed by atoms with van der Waals surface area (Å²) in [5, 5.41) is 0. The molecule has 0 unspecified atom stereocenters. The maximum atomic E-state index is 6.28. The van der Waals surface area contributed by atoms with Gasteiger partial charge in [0, 0.05) is 34.9 Å². The molecule has 3 aromatic rings. The van der Waals surface area contributed by atoms with Crippen LogP contribution in [0.1, 0.15) is 25.0 Å². The van der Waals surface area contributed by atoms with Gasteiger partial charge in [-0.25, -0.2) is 0 Å².